The van der Waals surface area contributed by atoms with Gasteiger partial charge in [0.15, 0.2) is 5.58 Å². The largest absolute Gasteiger partial charge is 0.488 e. The number of hydrogen-bond donors (Lipinski definition) is 1. The Labute approximate surface area is 87.2 Å². The summed E-state index contributed by atoms with van der Waals surface area (Å²) in [5, 5.41) is 8.12. The number of nitrogens with zero attached hydrogens (tertiary/aromatic N) is 1. The molecule has 0 bridgehead atoms. The zero-order valence-electron chi connectivity index (χ0n) is 8.49. The van der Waals surface area contributed by atoms with Gasteiger partial charge in [0, 0.05) is 24.5 Å². The highest BCUT2D eigenvalue weighted by Gasteiger charge is 2.18. The summed E-state index contributed by atoms with van der Waals surface area (Å²) in [4.78, 5) is 0. The van der Waals surface area contributed by atoms with Crippen LogP contribution in [0.4, 0.5) is 0 Å². The fourth-order valence-electron chi connectivity index (χ4n) is 1.66. The van der Waals surface area contributed by atoms with Crippen LogP contribution in [0.3, 0.4) is 0 Å². The van der Waals surface area contributed by atoms with Crippen LogP contribution in [0.2, 0.25) is 0 Å². The summed E-state index contributed by atoms with van der Waals surface area (Å²) in [5.41, 5.74) is 1.71. The summed E-state index contributed by atoms with van der Waals surface area (Å²) in [6, 6.07) is 5.85. The molecule has 1 fully saturated rings. The Morgan fingerprint density at radius 2 is 2.33 bits per heavy atom. The van der Waals surface area contributed by atoms with E-state index in [1.165, 1.54) is 0 Å². The number of hydrogen-bond acceptors (Lipinski definition) is 4. The predicted molar refractivity (Wildman–Crippen MR) is 56.0 cm³/mol. The van der Waals surface area contributed by atoms with Gasteiger partial charge in [-0.2, -0.15) is 0 Å². The number of benzene rings is 1. The average molecular weight is 204 g/mol. The molecule has 1 aliphatic rings. The number of fused-ring (bicyclic) bond motifs is 1. The lowest BCUT2D eigenvalue weighted by Crippen LogP contribution is -2.50. The highest BCUT2D eigenvalue weighted by molar-refractivity contribution is 5.80. The van der Waals surface area contributed by atoms with Crippen LogP contribution in [0.25, 0.3) is 11.0 Å². The van der Waals surface area contributed by atoms with Crippen molar-refractivity contribution in [2.45, 2.75) is 13.0 Å². The van der Waals surface area contributed by atoms with E-state index in [9.17, 15) is 0 Å². The zero-order valence-corrected chi connectivity index (χ0v) is 8.49. The van der Waals surface area contributed by atoms with E-state index in [-0.39, 0.29) is 0 Å². The maximum absolute atomic E-state index is 5.72. The van der Waals surface area contributed by atoms with Crippen molar-refractivity contribution in [3.8, 4) is 5.75 Å². The first-order valence-corrected chi connectivity index (χ1v) is 5.06. The topological polar surface area (TPSA) is 47.3 Å². The summed E-state index contributed by atoms with van der Waals surface area (Å²) in [7, 11) is 0. The second-order valence-electron chi connectivity index (χ2n) is 3.82. The normalized spacial score (nSPS) is 16.6. The molecule has 1 saturated heterocycles. The molecule has 0 amide bonds. The Bertz CT molecular complexity index is 488. The van der Waals surface area contributed by atoms with E-state index >= 15 is 0 Å². The van der Waals surface area contributed by atoms with Gasteiger partial charge in [0.25, 0.3) is 0 Å². The number of ether oxygens (including phenoxy) is 1. The van der Waals surface area contributed by atoms with Gasteiger partial charge in [-0.3, -0.25) is 0 Å². The van der Waals surface area contributed by atoms with E-state index in [4.69, 9.17) is 9.26 Å². The molecule has 4 heteroatoms. The highest BCUT2D eigenvalue weighted by Crippen LogP contribution is 2.24. The molecule has 3 rings (SSSR count). The molecule has 0 aliphatic carbocycles. The third-order valence-electron chi connectivity index (χ3n) is 2.67. The van der Waals surface area contributed by atoms with Gasteiger partial charge in [-0.1, -0.05) is 5.16 Å². The molecule has 1 aliphatic heterocycles. The van der Waals surface area contributed by atoms with Crippen molar-refractivity contribution in [1.29, 1.82) is 0 Å². The van der Waals surface area contributed by atoms with Gasteiger partial charge >= 0.3 is 0 Å². The van der Waals surface area contributed by atoms with Crippen molar-refractivity contribution >= 4 is 11.0 Å². The SMILES string of the molecule is Cc1noc2cc(OC3CNC3)ccc12. The van der Waals surface area contributed by atoms with Crippen LogP contribution in [0, 0.1) is 6.92 Å². The van der Waals surface area contributed by atoms with Crippen molar-refractivity contribution in [2.24, 2.45) is 0 Å². The highest BCUT2D eigenvalue weighted by atomic mass is 16.5. The van der Waals surface area contributed by atoms with E-state index in [1.54, 1.807) is 0 Å². The standard InChI is InChI=1S/C11H12N2O2/c1-7-10-3-2-8(4-11(10)15-13-7)14-9-5-12-6-9/h2-4,9,12H,5-6H2,1H3. The molecule has 1 aromatic heterocycles. The summed E-state index contributed by atoms with van der Waals surface area (Å²) >= 11 is 0. The molecular weight excluding hydrogens is 192 g/mol. The van der Waals surface area contributed by atoms with E-state index in [2.05, 4.69) is 10.5 Å². The lowest BCUT2D eigenvalue weighted by molar-refractivity contribution is 0.142. The minimum Gasteiger partial charge on any atom is -0.488 e. The Balaban J connectivity index is 1.91. The average Bonchev–Trinajstić information content (AvgIpc) is 2.54. The van der Waals surface area contributed by atoms with Crippen LogP contribution in [-0.2, 0) is 0 Å². The first-order valence-electron chi connectivity index (χ1n) is 5.06. The third kappa shape index (κ3) is 1.47. The lowest BCUT2D eigenvalue weighted by Gasteiger charge is -2.27. The van der Waals surface area contributed by atoms with Gasteiger partial charge in [0.1, 0.15) is 11.9 Å². The number of nitrogens with one attached hydrogen (secondary N) is 1. The quantitative estimate of drug-likeness (QED) is 0.805. The molecule has 1 aromatic carbocycles. The van der Waals surface area contributed by atoms with E-state index in [0.717, 1.165) is 35.5 Å². The molecule has 2 aromatic rings. The van der Waals surface area contributed by atoms with Gasteiger partial charge in [-0.25, -0.2) is 0 Å². The van der Waals surface area contributed by atoms with Crippen molar-refractivity contribution in [3.63, 3.8) is 0 Å². The second-order valence-corrected chi connectivity index (χ2v) is 3.82. The molecule has 0 radical (unpaired) electrons. The molecule has 0 atom stereocenters. The monoisotopic (exact) mass is 204 g/mol. The minimum absolute atomic E-state index is 0.298. The molecule has 0 spiro atoms. The van der Waals surface area contributed by atoms with E-state index in [0.29, 0.717) is 6.10 Å². The summed E-state index contributed by atoms with van der Waals surface area (Å²) in [5.74, 6) is 0.852. The summed E-state index contributed by atoms with van der Waals surface area (Å²) in [6.45, 7) is 3.78. The van der Waals surface area contributed by atoms with Crippen LogP contribution in [-0.4, -0.2) is 24.4 Å². The van der Waals surface area contributed by atoms with Crippen LogP contribution in [0.5, 0.6) is 5.75 Å². The third-order valence-corrected chi connectivity index (χ3v) is 2.67. The zero-order chi connectivity index (χ0) is 10.3. The van der Waals surface area contributed by atoms with Crippen LogP contribution >= 0.6 is 0 Å². The molecule has 1 N–H and O–H groups in total. The predicted octanol–water partition coefficient (Wildman–Crippen LogP) is 1.49. The summed E-state index contributed by atoms with van der Waals surface area (Å²) < 4.78 is 10.9. The molecule has 4 nitrogen and oxygen atoms in total. The smallest absolute Gasteiger partial charge is 0.170 e. The van der Waals surface area contributed by atoms with Gasteiger partial charge in [0.05, 0.1) is 5.69 Å². The molecule has 0 unspecified atom stereocenters. The number of aromatic nitrogens is 1. The number of rotatable bonds is 2. The minimum atomic E-state index is 0.298. The Hall–Kier alpha value is -1.55. The fraction of sp³-hybridized carbons (Fsp3) is 0.364. The second kappa shape index (κ2) is 3.24. The Kier molecular flexibility index (Phi) is 1.89. The molecule has 0 saturated carbocycles. The van der Waals surface area contributed by atoms with Crippen molar-refractivity contribution in [2.75, 3.05) is 13.1 Å². The molecule has 2 heterocycles. The van der Waals surface area contributed by atoms with Crippen LogP contribution in [0.15, 0.2) is 22.7 Å². The number of aryl methyl sites for hydroxylation is 1. The van der Waals surface area contributed by atoms with Crippen molar-refractivity contribution < 1.29 is 9.26 Å². The van der Waals surface area contributed by atoms with Gasteiger partial charge < -0.3 is 14.6 Å². The lowest BCUT2D eigenvalue weighted by atomic mass is 10.2. The van der Waals surface area contributed by atoms with Gasteiger partial charge in [-0.15, -0.1) is 0 Å². The van der Waals surface area contributed by atoms with Crippen LogP contribution < -0.4 is 10.1 Å². The van der Waals surface area contributed by atoms with Gasteiger partial charge in [-0.05, 0) is 19.1 Å². The van der Waals surface area contributed by atoms with Crippen LogP contribution in [0.1, 0.15) is 5.69 Å². The first kappa shape index (κ1) is 8.73. The van der Waals surface area contributed by atoms with E-state index < -0.39 is 0 Å². The Morgan fingerprint density at radius 3 is 3.07 bits per heavy atom. The van der Waals surface area contributed by atoms with Gasteiger partial charge in [0.2, 0.25) is 0 Å². The molecular formula is C11H12N2O2. The molecule has 15 heavy (non-hydrogen) atoms. The Morgan fingerprint density at radius 1 is 1.47 bits per heavy atom. The maximum atomic E-state index is 5.72. The van der Waals surface area contributed by atoms with Crippen molar-refractivity contribution in [3.05, 3.63) is 23.9 Å². The van der Waals surface area contributed by atoms with E-state index in [1.807, 2.05) is 25.1 Å². The summed E-state index contributed by atoms with van der Waals surface area (Å²) in [6.07, 6.45) is 0.298. The fourth-order valence-corrected chi connectivity index (χ4v) is 1.66. The maximum Gasteiger partial charge on any atom is 0.170 e. The molecule has 78 valence electrons. The first-order chi connectivity index (χ1) is 7.33. The van der Waals surface area contributed by atoms with Crippen molar-refractivity contribution in [1.82, 2.24) is 10.5 Å².